The summed E-state index contributed by atoms with van der Waals surface area (Å²) >= 11 is 0. The zero-order chi connectivity index (χ0) is 24.6. The minimum atomic E-state index is -1.53. The molecule has 1 aromatic rings. The van der Waals surface area contributed by atoms with Crippen LogP contribution in [0.15, 0.2) is 36.6 Å². The largest absolute Gasteiger partial charge is 0.497 e. The van der Waals surface area contributed by atoms with E-state index in [1.807, 2.05) is 6.92 Å². The van der Waals surface area contributed by atoms with E-state index in [2.05, 4.69) is 6.58 Å². The normalized spacial score (nSPS) is 30.3. The first-order chi connectivity index (χ1) is 15.7. The number of fused-ring (bicyclic) bond motifs is 2. The van der Waals surface area contributed by atoms with Crippen molar-refractivity contribution in [2.75, 3.05) is 35.5 Å². The van der Waals surface area contributed by atoms with Crippen molar-refractivity contribution in [2.24, 2.45) is 11.3 Å². The van der Waals surface area contributed by atoms with Gasteiger partial charge in [0.1, 0.15) is 5.76 Å². The number of ether oxygens (including phenoxy) is 6. The van der Waals surface area contributed by atoms with Crippen LogP contribution in [0.4, 0.5) is 0 Å². The van der Waals surface area contributed by atoms with E-state index < -0.39 is 29.0 Å². The van der Waals surface area contributed by atoms with Gasteiger partial charge in [0, 0.05) is 20.0 Å². The summed E-state index contributed by atoms with van der Waals surface area (Å²) in [5, 5.41) is 0. The topological polar surface area (TPSA) is 89.5 Å². The Morgan fingerprint density at radius 2 is 1.67 bits per heavy atom. The van der Waals surface area contributed by atoms with Gasteiger partial charge in [-0.25, -0.2) is 0 Å². The molecule has 3 rings (SSSR count). The van der Waals surface area contributed by atoms with Gasteiger partial charge in [0.2, 0.25) is 5.75 Å². The van der Waals surface area contributed by atoms with Crippen molar-refractivity contribution in [3.63, 3.8) is 0 Å². The second kappa shape index (κ2) is 9.09. The van der Waals surface area contributed by atoms with Crippen LogP contribution < -0.4 is 14.2 Å². The number of esters is 1. The van der Waals surface area contributed by atoms with Gasteiger partial charge in [0.25, 0.3) is 0 Å². The maximum absolute atomic E-state index is 14.2. The van der Waals surface area contributed by atoms with Crippen molar-refractivity contribution in [3.05, 3.63) is 42.2 Å². The van der Waals surface area contributed by atoms with Crippen LogP contribution in [-0.4, -0.2) is 59.0 Å². The maximum Gasteiger partial charge on any atom is 0.303 e. The van der Waals surface area contributed by atoms with Gasteiger partial charge in [-0.1, -0.05) is 13.0 Å². The molecule has 1 aromatic carbocycles. The van der Waals surface area contributed by atoms with Crippen LogP contribution >= 0.6 is 0 Å². The molecule has 2 aliphatic carbocycles. The minimum absolute atomic E-state index is 0.185. The Morgan fingerprint density at radius 1 is 1.06 bits per heavy atom. The minimum Gasteiger partial charge on any atom is -0.497 e. The number of hydrogen-bond donors (Lipinski definition) is 0. The van der Waals surface area contributed by atoms with Gasteiger partial charge in [0.15, 0.2) is 29.0 Å². The molecule has 180 valence electrons. The summed E-state index contributed by atoms with van der Waals surface area (Å²) in [6, 6.07) is 3.60. The fraction of sp³-hybridized carbons (Fsp3) is 0.520. The van der Waals surface area contributed by atoms with E-state index in [9.17, 15) is 9.59 Å². The Labute approximate surface area is 194 Å². The number of rotatable bonds is 9. The molecule has 5 atom stereocenters. The molecule has 33 heavy (non-hydrogen) atoms. The van der Waals surface area contributed by atoms with E-state index in [1.54, 1.807) is 24.3 Å². The van der Waals surface area contributed by atoms with Crippen molar-refractivity contribution >= 4 is 11.8 Å². The number of ketones is 1. The number of carbonyl (C=O) groups excluding carboxylic acids is 2. The third kappa shape index (κ3) is 3.39. The van der Waals surface area contributed by atoms with E-state index in [0.29, 0.717) is 29.4 Å². The average Bonchev–Trinajstić information content (AvgIpc) is 2.93. The SMILES string of the molecule is C=CC[C@@]12C=C(OC)[C@H](OC(C)=O)[C@@](OC)(C1=O)[C@H](c1cc(OC)c(OC)c(OC)c1)[C@H]2C. The molecule has 1 fully saturated rings. The van der Waals surface area contributed by atoms with E-state index in [4.69, 9.17) is 28.4 Å². The Balaban J connectivity index is 2.36. The zero-order valence-corrected chi connectivity index (χ0v) is 20.2. The highest BCUT2D eigenvalue weighted by Gasteiger charge is 2.73. The predicted molar refractivity (Wildman–Crippen MR) is 121 cm³/mol. The Bertz CT molecular complexity index is 958. The quantitative estimate of drug-likeness (QED) is 0.409. The molecule has 0 spiro atoms. The van der Waals surface area contributed by atoms with Gasteiger partial charge in [0.05, 0.1) is 33.9 Å². The molecular formula is C25H32O8. The molecule has 8 nitrogen and oxygen atoms in total. The Morgan fingerprint density at radius 3 is 2.09 bits per heavy atom. The van der Waals surface area contributed by atoms with E-state index in [-0.39, 0.29) is 11.7 Å². The lowest BCUT2D eigenvalue weighted by molar-refractivity contribution is -0.177. The molecule has 0 N–H and O–H groups in total. The summed E-state index contributed by atoms with van der Waals surface area (Å²) in [5.41, 5.74) is -1.76. The monoisotopic (exact) mass is 460 g/mol. The first-order valence-electron chi connectivity index (χ1n) is 10.7. The van der Waals surface area contributed by atoms with Gasteiger partial charge in [-0.15, -0.1) is 6.58 Å². The van der Waals surface area contributed by atoms with Gasteiger partial charge in [-0.2, -0.15) is 0 Å². The van der Waals surface area contributed by atoms with Crippen LogP contribution in [-0.2, 0) is 23.8 Å². The second-order valence-electron chi connectivity index (χ2n) is 8.32. The number of methoxy groups -OCH3 is 5. The summed E-state index contributed by atoms with van der Waals surface area (Å²) in [6.45, 7) is 7.15. The average molecular weight is 461 g/mol. The molecule has 0 amide bonds. The predicted octanol–water partition coefficient (Wildman–Crippen LogP) is 3.44. The Kier molecular flexibility index (Phi) is 6.79. The highest BCUT2D eigenvalue weighted by Crippen LogP contribution is 2.64. The van der Waals surface area contributed by atoms with Gasteiger partial charge < -0.3 is 28.4 Å². The first-order valence-corrected chi connectivity index (χ1v) is 10.7. The highest BCUT2D eigenvalue weighted by molar-refractivity contribution is 6.01. The van der Waals surface area contributed by atoms with Crippen LogP contribution in [0, 0.1) is 11.3 Å². The van der Waals surface area contributed by atoms with E-state index >= 15 is 0 Å². The van der Waals surface area contributed by atoms with Crippen molar-refractivity contribution in [3.8, 4) is 17.2 Å². The summed E-state index contributed by atoms with van der Waals surface area (Å²) in [7, 11) is 7.52. The lowest BCUT2D eigenvalue weighted by Crippen LogP contribution is -2.58. The first kappa shape index (κ1) is 24.6. The molecule has 8 heteroatoms. The molecule has 0 heterocycles. The third-order valence-electron chi connectivity index (χ3n) is 6.99. The molecule has 2 aliphatic rings. The van der Waals surface area contributed by atoms with Crippen molar-refractivity contribution < 1.29 is 38.0 Å². The zero-order valence-electron chi connectivity index (χ0n) is 20.2. The summed E-state index contributed by atoms with van der Waals surface area (Å²) in [4.78, 5) is 26.3. The number of carbonyl (C=O) groups is 2. The maximum atomic E-state index is 14.2. The number of hydrogen-bond acceptors (Lipinski definition) is 8. The second-order valence-corrected chi connectivity index (χ2v) is 8.32. The van der Waals surface area contributed by atoms with Crippen LogP contribution in [0.3, 0.4) is 0 Å². The van der Waals surface area contributed by atoms with Crippen molar-refractivity contribution in [2.45, 2.75) is 37.9 Å². The van der Waals surface area contributed by atoms with Crippen LogP contribution in [0.2, 0.25) is 0 Å². The third-order valence-corrected chi connectivity index (χ3v) is 6.99. The molecule has 2 bridgehead atoms. The number of benzene rings is 1. The lowest BCUT2D eigenvalue weighted by Gasteiger charge is -2.42. The van der Waals surface area contributed by atoms with Crippen LogP contribution in [0.25, 0.3) is 0 Å². The van der Waals surface area contributed by atoms with E-state index in [0.717, 1.165) is 5.56 Å². The summed E-state index contributed by atoms with van der Waals surface area (Å²) in [5.74, 6) is 0.163. The van der Waals surface area contributed by atoms with Gasteiger partial charge in [-0.05, 0) is 36.1 Å². The van der Waals surface area contributed by atoms with Gasteiger partial charge in [-0.3, -0.25) is 9.59 Å². The smallest absolute Gasteiger partial charge is 0.303 e. The number of allylic oxidation sites excluding steroid dienone is 2. The summed E-state index contributed by atoms with van der Waals surface area (Å²) < 4.78 is 33.9. The van der Waals surface area contributed by atoms with E-state index in [1.165, 1.54) is 42.5 Å². The highest BCUT2D eigenvalue weighted by atomic mass is 16.6. The lowest BCUT2D eigenvalue weighted by atomic mass is 9.70. The standard InChI is InChI=1S/C25H32O8/c1-9-10-24-13-19(30-6)22(33-15(3)26)25(32-8,23(24)27)20(14(24)2)16-11-17(28-4)21(31-7)18(12-16)29-5/h9,11-14,20,22H,1,10H2,2-8H3/t14-,20+,22+,24+,25-/m1/s1. The molecule has 0 aromatic heterocycles. The van der Waals surface area contributed by atoms with Crippen molar-refractivity contribution in [1.29, 1.82) is 0 Å². The molecule has 0 radical (unpaired) electrons. The van der Waals surface area contributed by atoms with Crippen molar-refractivity contribution in [1.82, 2.24) is 0 Å². The summed E-state index contributed by atoms with van der Waals surface area (Å²) in [6.07, 6.45) is 2.79. The fourth-order valence-electron chi connectivity index (χ4n) is 5.60. The molecule has 0 aliphatic heterocycles. The van der Waals surface area contributed by atoms with Crippen LogP contribution in [0.1, 0.15) is 31.7 Å². The van der Waals surface area contributed by atoms with Gasteiger partial charge >= 0.3 is 5.97 Å². The molecule has 0 unspecified atom stereocenters. The van der Waals surface area contributed by atoms with Crippen LogP contribution in [0.5, 0.6) is 17.2 Å². The molecular weight excluding hydrogens is 428 g/mol. The molecule has 0 saturated heterocycles. The number of Topliss-reactive ketones (excluding diaryl/α,β-unsaturated/α-hetero) is 1. The Hall–Kier alpha value is -3.00. The fourth-order valence-corrected chi connectivity index (χ4v) is 5.60. The molecule has 1 saturated carbocycles.